The first-order valence-electron chi connectivity index (χ1n) is 7.06. The van der Waals surface area contributed by atoms with Crippen LogP contribution in [-0.2, 0) is 0 Å². The Morgan fingerprint density at radius 1 is 1.17 bits per heavy atom. The van der Waals surface area contributed by atoms with Crippen molar-refractivity contribution in [3.63, 3.8) is 0 Å². The summed E-state index contributed by atoms with van der Waals surface area (Å²) in [7, 11) is 3.04. The molecule has 1 aromatic carbocycles. The van der Waals surface area contributed by atoms with Gasteiger partial charge < -0.3 is 14.8 Å². The molecule has 0 unspecified atom stereocenters. The third-order valence-electron chi connectivity index (χ3n) is 3.29. The molecular weight excluding hydrogens is 310 g/mol. The number of aromatic nitrogens is 4. The van der Waals surface area contributed by atoms with Crippen molar-refractivity contribution in [1.82, 2.24) is 19.7 Å². The first-order chi connectivity index (χ1) is 11.7. The molecule has 0 spiro atoms. The van der Waals surface area contributed by atoms with E-state index in [0.29, 0.717) is 28.7 Å². The highest BCUT2D eigenvalue weighted by molar-refractivity contribution is 6.05. The molecule has 1 amide bonds. The molecular formula is C16H15N5O3. The molecule has 3 aromatic rings. The Labute approximate surface area is 138 Å². The molecule has 0 aliphatic rings. The first kappa shape index (κ1) is 15.5. The van der Waals surface area contributed by atoms with Gasteiger partial charge in [0.25, 0.3) is 5.91 Å². The number of nitrogens with zero attached hydrogens (tertiary/aromatic N) is 4. The SMILES string of the molecule is COc1ccc(C(=O)Nc2cc(-n3cccn3)ncn2)c(OC)c1. The Morgan fingerprint density at radius 2 is 2.04 bits per heavy atom. The van der Waals surface area contributed by atoms with Gasteiger partial charge in [0.15, 0.2) is 5.82 Å². The average Bonchev–Trinajstić information content (AvgIpc) is 3.16. The molecule has 2 heterocycles. The smallest absolute Gasteiger partial charge is 0.260 e. The van der Waals surface area contributed by atoms with Crippen LogP contribution in [0.15, 0.2) is 49.1 Å². The number of methoxy groups -OCH3 is 2. The molecule has 0 atom stereocenters. The zero-order valence-corrected chi connectivity index (χ0v) is 13.1. The molecule has 8 heteroatoms. The van der Waals surface area contributed by atoms with Crippen molar-refractivity contribution in [1.29, 1.82) is 0 Å². The molecule has 0 saturated heterocycles. The molecule has 0 radical (unpaired) electrons. The van der Waals surface area contributed by atoms with Gasteiger partial charge in [-0.15, -0.1) is 0 Å². The standard InChI is InChI=1S/C16H15N5O3/c1-23-11-4-5-12(13(8-11)24-2)16(22)20-14-9-15(18-10-17-14)21-7-3-6-19-21/h3-10H,1-2H3,(H,17,18,20,22). The fourth-order valence-electron chi connectivity index (χ4n) is 2.11. The molecule has 0 bridgehead atoms. The van der Waals surface area contributed by atoms with Crippen molar-refractivity contribution in [2.45, 2.75) is 0 Å². The van der Waals surface area contributed by atoms with Gasteiger partial charge in [-0.2, -0.15) is 5.10 Å². The number of carbonyl (C=O) groups is 1. The van der Waals surface area contributed by atoms with Gasteiger partial charge >= 0.3 is 0 Å². The quantitative estimate of drug-likeness (QED) is 0.771. The lowest BCUT2D eigenvalue weighted by atomic mass is 10.1. The number of hydrogen-bond donors (Lipinski definition) is 1. The van der Waals surface area contributed by atoms with Crippen LogP contribution in [0.3, 0.4) is 0 Å². The van der Waals surface area contributed by atoms with E-state index >= 15 is 0 Å². The van der Waals surface area contributed by atoms with E-state index in [1.54, 1.807) is 54.5 Å². The van der Waals surface area contributed by atoms with Gasteiger partial charge in [-0.05, 0) is 18.2 Å². The Balaban J connectivity index is 1.84. The van der Waals surface area contributed by atoms with Crippen LogP contribution >= 0.6 is 0 Å². The largest absolute Gasteiger partial charge is 0.497 e. The van der Waals surface area contributed by atoms with Crippen molar-refractivity contribution >= 4 is 11.7 Å². The third kappa shape index (κ3) is 3.17. The van der Waals surface area contributed by atoms with Crippen molar-refractivity contribution < 1.29 is 14.3 Å². The van der Waals surface area contributed by atoms with Crippen LogP contribution < -0.4 is 14.8 Å². The van der Waals surface area contributed by atoms with Crippen molar-refractivity contribution in [3.05, 3.63) is 54.6 Å². The summed E-state index contributed by atoms with van der Waals surface area (Å²) in [6.45, 7) is 0. The molecule has 1 N–H and O–H groups in total. The second kappa shape index (κ2) is 6.78. The minimum absolute atomic E-state index is 0.348. The van der Waals surface area contributed by atoms with Gasteiger partial charge in [-0.1, -0.05) is 0 Å². The summed E-state index contributed by atoms with van der Waals surface area (Å²) in [6, 6.07) is 8.36. The van der Waals surface area contributed by atoms with E-state index in [1.165, 1.54) is 13.4 Å². The minimum atomic E-state index is -0.348. The van der Waals surface area contributed by atoms with Crippen molar-refractivity contribution in [3.8, 4) is 17.3 Å². The summed E-state index contributed by atoms with van der Waals surface area (Å²) in [4.78, 5) is 20.6. The highest BCUT2D eigenvalue weighted by Gasteiger charge is 2.14. The molecule has 8 nitrogen and oxygen atoms in total. The predicted octanol–water partition coefficient (Wildman–Crippen LogP) is 1.93. The number of carbonyl (C=O) groups excluding carboxylic acids is 1. The lowest BCUT2D eigenvalue weighted by molar-refractivity contribution is 0.102. The number of amides is 1. The van der Waals surface area contributed by atoms with E-state index in [2.05, 4.69) is 20.4 Å². The monoisotopic (exact) mass is 325 g/mol. The number of hydrogen-bond acceptors (Lipinski definition) is 6. The minimum Gasteiger partial charge on any atom is -0.497 e. The van der Waals surface area contributed by atoms with Crippen LogP contribution in [0.5, 0.6) is 11.5 Å². The molecule has 24 heavy (non-hydrogen) atoms. The van der Waals surface area contributed by atoms with Gasteiger partial charge in [0.1, 0.15) is 23.6 Å². The maximum Gasteiger partial charge on any atom is 0.260 e. The van der Waals surface area contributed by atoms with E-state index in [0.717, 1.165) is 0 Å². The van der Waals surface area contributed by atoms with Crippen LogP contribution in [0.1, 0.15) is 10.4 Å². The number of rotatable bonds is 5. The van der Waals surface area contributed by atoms with E-state index in [4.69, 9.17) is 9.47 Å². The molecule has 0 fully saturated rings. The summed E-state index contributed by atoms with van der Waals surface area (Å²) in [5.74, 6) is 1.57. The molecule has 2 aromatic heterocycles. The summed E-state index contributed by atoms with van der Waals surface area (Å²) < 4.78 is 11.9. The molecule has 122 valence electrons. The van der Waals surface area contributed by atoms with Gasteiger partial charge in [-0.25, -0.2) is 14.6 Å². The van der Waals surface area contributed by atoms with Crippen LogP contribution in [0.4, 0.5) is 5.82 Å². The molecule has 3 rings (SSSR count). The van der Waals surface area contributed by atoms with E-state index in [1.807, 2.05) is 0 Å². The fourth-order valence-corrected chi connectivity index (χ4v) is 2.11. The summed E-state index contributed by atoms with van der Waals surface area (Å²) in [6.07, 6.45) is 4.75. The van der Waals surface area contributed by atoms with E-state index in [-0.39, 0.29) is 5.91 Å². The Hall–Kier alpha value is -3.42. The van der Waals surface area contributed by atoms with Gasteiger partial charge in [0.2, 0.25) is 0 Å². The van der Waals surface area contributed by atoms with E-state index < -0.39 is 0 Å². The second-order valence-corrected chi connectivity index (χ2v) is 4.73. The van der Waals surface area contributed by atoms with Crippen LogP contribution in [0.25, 0.3) is 5.82 Å². The Bertz CT molecular complexity index is 849. The van der Waals surface area contributed by atoms with Gasteiger partial charge in [0, 0.05) is 24.5 Å². The predicted molar refractivity (Wildman–Crippen MR) is 86.7 cm³/mol. The van der Waals surface area contributed by atoms with Gasteiger partial charge in [-0.3, -0.25) is 4.79 Å². The van der Waals surface area contributed by atoms with Crippen LogP contribution in [0, 0.1) is 0 Å². The lowest BCUT2D eigenvalue weighted by Crippen LogP contribution is -2.15. The van der Waals surface area contributed by atoms with E-state index in [9.17, 15) is 4.79 Å². The lowest BCUT2D eigenvalue weighted by Gasteiger charge is -2.10. The van der Waals surface area contributed by atoms with Crippen LogP contribution in [-0.4, -0.2) is 39.9 Å². The number of anilines is 1. The highest BCUT2D eigenvalue weighted by atomic mass is 16.5. The summed E-state index contributed by atoms with van der Waals surface area (Å²) in [5.41, 5.74) is 0.373. The average molecular weight is 325 g/mol. The maximum atomic E-state index is 12.5. The number of nitrogens with one attached hydrogen (secondary N) is 1. The normalized spacial score (nSPS) is 10.2. The Morgan fingerprint density at radius 3 is 2.75 bits per heavy atom. The van der Waals surface area contributed by atoms with Gasteiger partial charge in [0.05, 0.1) is 19.8 Å². The van der Waals surface area contributed by atoms with Crippen LogP contribution in [0.2, 0.25) is 0 Å². The van der Waals surface area contributed by atoms with Crippen molar-refractivity contribution in [2.24, 2.45) is 0 Å². The summed E-state index contributed by atoms with van der Waals surface area (Å²) >= 11 is 0. The fraction of sp³-hybridized carbons (Fsp3) is 0.125. The topological polar surface area (TPSA) is 91.2 Å². The number of benzene rings is 1. The summed E-state index contributed by atoms with van der Waals surface area (Å²) in [5, 5.41) is 6.81. The van der Waals surface area contributed by atoms with Crippen molar-refractivity contribution in [2.75, 3.05) is 19.5 Å². The highest BCUT2D eigenvalue weighted by Crippen LogP contribution is 2.25. The zero-order valence-electron chi connectivity index (χ0n) is 13.1. The number of ether oxygens (including phenoxy) is 2. The Kier molecular flexibility index (Phi) is 4.37. The first-order valence-corrected chi connectivity index (χ1v) is 7.06. The molecule has 0 saturated carbocycles. The molecule has 0 aliphatic heterocycles. The second-order valence-electron chi connectivity index (χ2n) is 4.73. The molecule has 0 aliphatic carbocycles. The maximum absolute atomic E-state index is 12.5. The zero-order chi connectivity index (χ0) is 16.9. The third-order valence-corrected chi connectivity index (χ3v) is 3.29.